The van der Waals surface area contributed by atoms with Gasteiger partial charge in [0.05, 0.1) is 6.10 Å². The lowest BCUT2D eigenvalue weighted by Crippen LogP contribution is -2.34. The molecule has 1 aromatic rings. The van der Waals surface area contributed by atoms with E-state index in [9.17, 15) is 14.4 Å². The van der Waals surface area contributed by atoms with Crippen LogP contribution in [-0.4, -0.2) is 45.5 Å². The largest absolute Gasteiger partial charge is 0.463 e. The number of nitrogens with zero attached hydrogens (tertiary/aromatic N) is 2. The fourth-order valence-corrected chi connectivity index (χ4v) is 2.68. The summed E-state index contributed by atoms with van der Waals surface area (Å²) in [5, 5.41) is 9.07. The van der Waals surface area contributed by atoms with E-state index in [4.69, 9.17) is 31.0 Å². The first kappa shape index (κ1) is 19.9. The number of aromatic nitrogens is 2. The van der Waals surface area contributed by atoms with E-state index in [2.05, 4.69) is 4.98 Å². The van der Waals surface area contributed by atoms with Crippen molar-refractivity contribution in [2.45, 2.75) is 38.7 Å². The second-order valence-electron chi connectivity index (χ2n) is 5.47. The maximum Gasteiger partial charge on any atom is 0.351 e. The fourth-order valence-electron chi connectivity index (χ4n) is 2.54. The van der Waals surface area contributed by atoms with Crippen LogP contribution in [0.15, 0.2) is 16.5 Å². The summed E-state index contributed by atoms with van der Waals surface area (Å²) in [4.78, 5) is 38.3. The van der Waals surface area contributed by atoms with Gasteiger partial charge in [0.1, 0.15) is 12.7 Å². The zero-order valence-electron chi connectivity index (χ0n) is 14.0. The van der Waals surface area contributed by atoms with Crippen LogP contribution in [0.5, 0.6) is 0 Å². The number of anilines is 1. The van der Waals surface area contributed by atoms with E-state index < -0.39 is 36.1 Å². The van der Waals surface area contributed by atoms with Gasteiger partial charge in [-0.15, -0.1) is 0 Å². The summed E-state index contributed by atoms with van der Waals surface area (Å²) < 4.78 is 17.0. The summed E-state index contributed by atoms with van der Waals surface area (Å²) in [6.45, 7) is 2.45. The molecule has 2 heterocycles. The molecule has 0 bridgehead atoms. The lowest BCUT2D eigenvalue weighted by Gasteiger charge is -2.21. The maximum absolute atomic E-state index is 12.3. The van der Waals surface area contributed by atoms with Crippen LogP contribution in [0.2, 0.25) is 0 Å². The maximum atomic E-state index is 12.3. The lowest BCUT2D eigenvalue weighted by atomic mass is 10.2. The highest BCUT2D eigenvalue weighted by atomic mass is 35.5. The first-order valence-electron chi connectivity index (χ1n) is 7.61. The molecule has 1 aromatic heterocycles. The SMILES string of the molecule is CC(=O)OC[C@@H]1C[C@@H](OC(C)=O)[C@H](n2cc(/C=C/Cl)c(NO)nc2=O)O1. The van der Waals surface area contributed by atoms with Crippen molar-refractivity contribution in [1.82, 2.24) is 9.55 Å². The molecule has 11 heteroatoms. The average molecular weight is 388 g/mol. The predicted molar refractivity (Wildman–Crippen MR) is 89.5 cm³/mol. The van der Waals surface area contributed by atoms with Crippen LogP contribution in [0.4, 0.5) is 5.82 Å². The van der Waals surface area contributed by atoms with Gasteiger partial charge < -0.3 is 14.2 Å². The fraction of sp³-hybridized carbons (Fsp3) is 0.467. The molecule has 142 valence electrons. The number of esters is 2. The Morgan fingerprint density at radius 2 is 2.23 bits per heavy atom. The van der Waals surface area contributed by atoms with E-state index in [0.29, 0.717) is 5.56 Å². The number of hydrogen-bond acceptors (Lipinski definition) is 9. The van der Waals surface area contributed by atoms with E-state index in [1.54, 1.807) is 5.48 Å². The molecule has 1 fully saturated rings. The number of carbonyl (C=O) groups is 2. The van der Waals surface area contributed by atoms with Gasteiger partial charge in [-0.2, -0.15) is 4.98 Å². The second-order valence-corrected chi connectivity index (χ2v) is 5.73. The van der Waals surface area contributed by atoms with Gasteiger partial charge in [-0.25, -0.2) is 4.79 Å². The highest BCUT2D eigenvalue weighted by Crippen LogP contribution is 2.31. The van der Waals surface area contributed by atoms with Crippen LogP contribution in [0, 0.1) is 0 Å². The van der Waals surface area contributed by atoms with Gasteiger partial charge >= 0.3 is 17.6 Å². The molecule has 2 rings (SSSR count). The highest BCUT2D eigenvalue weighted by Gasteiger charge is 2.40. The molecule has 1 saturated heterocycles. The number of ether oxygens (including phenoxy) is 3. The molecule has 0 spiro atoms. The van der Waals surface area contributed by atoms with Crippen molar-refractivity contribution in [1.29, 1.82) is 0 Å². The van der Waals surface area contributed by atoms with Crippen molar-refractivity contribution in [2.24, 2.45) is 0 Å². The van der Waals surface area contributed by atoms with Crippen molar-refractivity contribution in [2.75, 3.05) is 12.1 Å². The standard InChI is InChI=1S/C15H18ClN3O7/c1-8(20)24-7-11-5-12(25-9(2)21)14(26-11)19-6-10(3-4-16)13(18-23)17-15(19)22/h3-4,6,11-12,14,23H,5,7H2,1-2H3,(H,17,18,22)/b4-3+/t11-,12+,14+/m0/s1. The smallest absolute Gasteiger partial charge is 0.351 e. The summed E-state index contributed by atoms with van der Waals surface area (Å²) in [5.74, 6) is -1.12. The number of carbonyl (C=O) groups excluding carboxylic acids is 2. The van der Waals surface area contributed by atoms with Crippen LogP contribution in [0.1, 0.15) is 32.1 Å². The Hall–Kier alpha value is -2.43. The molecule has 10 nitrogen and oxygen atoms in total. The molecule has 0 aliphatic carbocycles. The van der Waals surface area contributed by atoms with E-state index >= 15 is 0 Å². The Morgan fingerprint density at radius 3 is 2.81 bits per heavy atom. The van der Waals surface area contributed by atoms with Gasteiger partial charge in [0.2, 0.25) is 0 Å². The van der Waals surface area contributed by atoms with E-state index in [-0.39, 0.29) is 18.8 Å². The molecule has 1 aliphatic heterocycles. The molecule has 0 amide bonds. The van der Waals surface area contributed by atoms with Gasteiger partial charge in [0.15, 0.2) is 12.0 Å². The monoisotopic (exact) mass is 387 g/mol. The van der Waals surface area contributed by atoms with E-state index in [0.717, 1.165) is 4.57 Å². The Bertz CT molecular complexity index is 764. The summed E-state index contributed by atoms with van der Waals surface area (Å²) >= 11 is 5.55. The second kappa shape index (κ2) is 8.79. The lowest BCUT2D eigenvalue weighted by molar-refractivity contribution is -0.153. The zero-order valence-corrected chi connectivity index (χ0v) is 14.8. The third-order valence-electron chi connectivity index (χ3n) is 3.54. The van der Waals surface area contributed by atoms with Gasteiger partial charge in [-0.05, 0) is 6.08 Å². The molecule has 0 saturated carbocycles. The van der Waals surface area contributed by atoms with Gasteiger partial charge in [-0.3, -0.25) is 24.8 Å². The Labute approximate surface area is 153 Å². The molecular formula is C15H18ClN3O7. The van der Waals surface area contributed by atoms with Crippen LogP contribution in [0.3, 0.4) is 0 Å². The van der Waals surface area contributed by atoms with Gasteiger partial charge in [-0.1, -0.05) is 11.6 Å². The Morgan fingerprint density at radius 1 is 1.50 bits per heavy atom. The summed E-state index contributed by atoms with van der Waals surface area (Å²) in [5.41, 5.74) is 2.54. The van der Waals surface area contributed by atoms with Gasteiger partial charge in [0.25, 0.3) is 0 Å². The minimum absolute atomic E-state index is 0.0451. The molecule has 0 unspecified atom stereocenters. The van der Waals surface area contributed by atoms with Crippen molar-refractivity contribution in [3.05, 3.63) is 27.8 Å². The topological polar surface area (TPSA) is 129 Å². The number of halogens is 1. The van der Waals surface area contributed by atoms with E-state index in [1.165, 1.54) is 31.7 Å². The molecule has 1 aliphatic rings. The quantitative estimate of drug-likeness (QED) is 0.543. The number of rotatable bonds is 6. The molecule has 0 radical (unpaired) electrons. The molecule has 3 atom stereocenters. The van der Waals surface area contributed by atoms with Crippen LogP contribution in [-0.2, 0) is 23.8 Å². The predicted octanol–water partition coefficient (Wildman–Crippen LogP) is 1.04. The van der Waals surface area contributed by atoms with Gasteiger partial charge in [0, 0.05) is 37.6 Å². The highest BCUT2D eigenvalue weighted by molar-refractivity contribution is 6.27. The van der Waals surface area contributed by atoms with Crippen molar-refractivity contribution >= 4 is 35.4 Å². The average Bonchev–Trinajstić information content (AvgIpc) is 2.96. The summed E-state index contributed by atoms with van der Waals surface area (Å²) in [7, 11) is 0. The minimum atomic E-state index is -0.977. The molecular weight excluding hydrogens is 370 g/mol. The summed E-state index contributed by atoms with van der Waals surface area (Å²) in [6, 6.07) is 0. The first-order valence-corrected chi connectivity index (χ1v) is 8.05. The van der Waals surface area contributed by atoms with Crippen LogP contribution < -0.4 is 11.2 Å². The minimum Gasteiger partial charge on any atom is -0.463 e. The first-order chi connectivity index (χ1) is 12.3. The number of nitrogens with one attached hydrogen (secondary N) is 1. The van der Waals surface area contributed by atoms with Crippen molar-refractivity contribution in [3.63, 3.8) is 0 Å². The zero-order chi connectivity index (χ0) is 19.3. The van der Waals surface area contributed by atoms with E-state index in [1.807, 2.05) is 0 Å². The van der Waals surface area contributed by atoms with Crippen LogP contribution in [0.25, 0.3) is 6.08 Å². The normalized spacial score (nSPS) is 22.4. The Kier molecular flexibility index (Phi) is 6.72. The Balaban J connectivity index is 2.35. The van der Waals surface area contributed by atoms with Crippen LogP contribution >= 0.6 is 11.6 Å². The third kappa shape index (κ3) is 4.81. The van der Waals surface area contributed by atoms with Crippen molar-refractivity contribution < 1.29 is 29.0 Å². The molecule has 0 aromatic carbocycles. The molecule has 26 heavy (non-hydrogen) atoms. The van der Waals surface area contributed by atoms with Crippen molar-refractivity contribution in [3.8, 4) is 0 Å². The molecule has 2 N–H and O–H groups in total. The summed E-state index contributed by atoms with van der Waals surface area (Å²) in [6.07, 6.45) is 0.646. The third-order valence-corrected chi connectivity index (χ3v) is 3.66. The number of hydrogen-bond donors (Lipinski definition) is 2.